The van der Waals surface area contributed by atoms with Gasteiger partial charge in [0.05, 0.1) is 0 Å². The lowest BCUT2D eigenvalue weighted by atomic mass is 9.85. The van der Waals surface area contributed by atoms with Crippen LogP contribution in [-0.2, 0) is 9.53 Å². The minimum Gasteiger partial charge on any atom is -0.459 e. The quantitative estimate of drug-likeness (QED) is 0.452. The van der Waals surface area contributed by atoms with Crippen LogP contribution in [0.25, 0.3) is 0 Å². The highest BCUT2D eigenvalue weighted by Crippen LogP contribution is 2.28. The normalized spacial score (nSPS) is 18.9. The molecule has 2 N–H and O–H groups in total. The highest BCUT2D eigenvalue weighted by Gasteiger charge is 2.35. The van der Waals surface area contributed by atoms with E-state index in [0.717, 1.165) is 25.7 Å². The first-order chi connectivity index (χ1) is 8.79. The monoisotopic (exact) mass is 272 g/mol. The molecule has 1 rings (SSSR count). The van der Waals surface area contributed by atoms with Crippen molar-refractivity contribution in [2.75, 3.05) is 6.61 Å². The Hall–Kier alpha value is -1.17. The number of hydrogen-bond acceptors (Lipinski definition) is 5. The molecule has 0 amide bonds. The van der Waals surface area contributed by atoms with Gasteiger partial charge >= 0.3 is 12.0 Å². The van der Waals surface area contributed by atoms with Gasteiger partial charge in [0.2, 0.25) is 0 Å². The van der Waals surface area contributed by atoms with Gasteiger partial charge in [0, 0.05) is 16.9 Å². The fourth-order valence-corrected chi connectivity index (χ4v) is 2.36. The topological polar surface area (TPSA) is 95.5 Å². The van der Waals surface area contributed by atoms with E-state index in [0.29, 0.717) is 0 Å². The molecule has 0 heterocycles. The second kappa shape index (κ2) is 6.84. The highest BCUT2D eigenvalue weighted by atomic mass is 16.6. The number of hydrogen-bond donors (Lipinski definition) is 1. The zero-order chi connectivity index (χ0) is 14.5. The zero-order valence-corrected chi connectivity index (χ0v) is 11.8. The Morgan fingerprint density at radius 2 is 2.00 bits per heavy atom. The molecular weight excluding hydrogens is 248 g/mol. The summed E-state index contributed by atoms with van der Waals surface area (Å²) in [6, 6.07) is -1.24. The number of rotatable bonds is 6. The molecular formula is C13H24N2O4. The Morgan fingerprint density at radius 3 is 2.47 bits per heavy atom. The molecule has 0 aliphatic heterocycles. The van der Waals surface area contributed by atoms with Crippen molar-refractivity contribution in [1.82, 2.24) is 0 Å². The van der Waals surface area contributed by atoms with Crippen LogP contribution in [0.5, 0.6) is 0 Å². The first kappa shape index (κ1) is 15.9. The number of nitrogens with zero attached hydrogens (tertiary/aromatic N) is 1. The third-order valence-corrected chi connectivity index (χ3v) is 3.39. The van der Waals surface area contributed by atoms with Gasteiger partial charge in [-0.3, -0.25) is 10.1 Å². The summed E-state index contributed by atoms with van der Waals surface area (Å²) in [5.74, 6) is -0.489. The largest absolute Gasteiger partial charge is 0.459 e. The fourth-order valence-electron chi connectivity index (χ4n) is 2.36. The van der Waals surface area contributed by atoms with Crippen LogP contribution in [0.1, 0.15) is 52.4 Å². The van der Waals surface area contributed by atoms with E-state index in [1.165, 1.54) is 6.42 Å². The van der Waals surface area contributed by atoms with E-state index in [9.17, 15) is 14.9 Å². The molecule has 0 saturated heterocycles. The van der Waals surface area contributed by atoms with Crippen LogP contribution in [0.2, 0.25) is 0 Å². The lowest BCUT2D eigenvalue weighted by Crippen LogP contribution is -2.41. The van der Waals surface area contributed by atoms with Crippen LogP contribution >= 0.6 is 0 Å². The minimum absolute atomic E-state index is 0.000833. The predicted molar refractivity (Wildman–Crippen MR) is 71.2 cm³/mol. The van der Waals surface area contributed by atoms with Crippen LogP contribution in [-0.4, -0.2) is 29.1 Å². The third kappa shape index (κ3) is 6.00. The van der Waals surface area contributed by atoms with Gasteiger partial charge in [-0.05, 0) is 19.8 Å². The maximum Gasteiger partial charge on any atom is 0.381 e. The van der Waals surface area contributed by atoms with Gasteiger partial charge in [-0.15, -0.1) is 0 Å². The second-order valence-electron chi connectivity index (χ2n) is 6.14. The van der Waals surface area contributed by atoms with Crippen LogP contribution in [0, 0.1) is 16.0 Å². The maximum absolute atomic E-state index is 11.8. The van der Waals surface area contributed by atoms with Crippen molar-refractivity contribution < 1.29 is 14.5 Å². The molecule has 1 aliphatic rings. The summed E-state index contributed by atoms with van der Waals surface area (Å²) in [5.41, 5.74) is 5.03. The van der Waals surface area contributed by atoms with E-state index in [4.69, 9.17) is 10.5 Å². The molecule has 0 radical (unpaired) electrons. The average Bonchev–Trinajstić information content (AvgIpc) is 2.33. The van der Waals surface area contributed by atoms with Gasteiger partial charge in [-0.25, -0.2) is 4.79 Å². The van der Waals surface area contributed by atoms with Crippen LogP contribution in [0.15, 0.2) is 0 Å². The van der Waals surface area contributed by atoms with Crippen molar-refractivity contribution in [3.63, 3.8) is 0 Å². The first-order valence-electron chi connectivity index (χ1n) is 6.88. The molecule has 0 bridgehead atoms. The molecule has 1 saturated carbocycles. The molecule has 6 heteroatoms. The van der Waals surface area contributed by atoms with Crippen LogP contribution in [0.4, 0.5) is 0 Å². The molecule has 19 heavy (non-hydrogen) atoms. The number of nitrogens with two attached hydrogens (primary N) is 1. The first-order valence-corrected chi connectivity index (χ1v) is 6.88. The number of esters is 1. The standard InChI is InChI=1S/C13H24N2O4/c1-13(2,14)9-19-12(16)11(15(17)18)8-10-6-4-3-5-7-10/h10-11H,3-9,14H2,1-2H3. The molecule has 1 unspecified atom stereocenters. The Morgan fingerprint density at radius 1 is 1.42 bits per heavy atom. The Labute approximate surface area is 113 Å². The lowest BCUT2D eigenvalue weighted by Gasteiger charge is -2.23. The summed E-state index contributed by atoms with van der Waals surface area (Å²) >= 11 is 0. The summed E-state index contributed by atoms with van der Waals surface area (Å²) in [6.07, 6.45) is 5.61. The number of nitro groups is 1. The van der Waals surface area contributed by atoms with Gasteiger partial charge < -0.3 is 10.5 Å². The van der Waals surface area contributed by atoms with Crippen molar-refractivity contribution in [3.05, 3.63) is 10.1 Å². The molecule has 0 spiro atoms. The fraction of sp³-hybridized carbons (Fsp3) is 0.923. The van der Waals surface area contributed by atoms with Crippen molar-refractivity contribution in [2.24, 2.45) is 11.7 Å². The minimum atomic E-state index is -1.24. The molecule has 0 aromatic carbocycles. The third-order valence-electron chi connectivity index (χ3n) is 3.39. The van der Waals surface area contributed by atoms with E-state index in [-0.39, 0.29) is 18.9 Å². The van der Waals surface area contributed by atoms with E-state index in [1.807, 2.05) is 0 Å². The lowest BCUT2D eigenvalue weighted by molar-refractivity contribution is -0.512. The molecule has 1 aliphatic carbocycles. The maximum atomic E-state index is 11.8. The van der Waals surface area contributed by atoms with Gasteiger partial charge in [0.25, 0.3) is 0 Å². The summed E-state index contributed by atoms with van der Waals surface area (Å²) in [6.45, 7) is 3.42. The predicted octanol–water partition coefficient (Wildman–Crippen LogP) is 1.88. The molecule has 110 valence electrons. The Kier molecular flexibility index (Phi) is 5.72. The smallest absolute Gasteiger partial charge is 0.381 e. The number of carbonyl (C=O) groups excluding carboxylic acids is 1. The summed E-state index contributed by atoms with van der Waals surface area (Å²) < 4.78 is 4.97. The zero-order valence-electron chi connectivity index (χ0n) is 11.8. The van der Waals surface area contributed by atoms with Gasteiger partial charge in [-0.2, -0.15) is 0 Å². The van der Waals surface area contributed by atoms with Crippen LogP contribution < -0.4 is 5.73 Å². The molecule has 6 nitrogen and oxygen atoms in total. The summed E-state index contributed by atoms with van der Waals surface area (Å²) in [4.78, 5) is 22.3. The van der Waals surface area contributed by atoms with E-state index < -0.39 is 22.5 Å². The summed E-state index contributed by atoms with van der Waals surface area (Å²) in [5, 5.41) is 11.0. The molecule has 1 fully saturated rings. The van der Waals surface area contributed by atoms with Crippen molar-refractivity contribution in [3.8, 4) is 0 Å². The average molecular weight is 272 g/mol. The highest BCUT2D eigenvalue weighted by molar-refractivity contribution is 5.74. The number of ether oxygens (including phenoxy) is 1. The molecule has 0 aromatic heterocycles. The van der Waals surface area contributed by atoms with E-state index in [1.54, 1.807) is 13.8 Å². The van der Waals surface area contributed by atoms with Crippen molar-refractivity contribution in [2.45, 2.75) is 64.0 Å². The van der Waals surface area contributed by atoms with Crippen molar-refractivity contribution in [1.29, 1.82) is 0 Å². The molecule has 0 aromatic rings. The Bertz CT molecular complexity index is 319. The molecule has 1 atom stereocenters. The SMILES string of the molecule is CC(C)(N)COC(=O)C(CC1CCCCC1)[N+](=O)[O-]. The van der Waals surface area contributed by atoms with E-state index in [2.05, 4.69) is 0 Å². The Balaban J connectivity index is 2.51. The van der Waals surface area contributed by atoms with Crippen molar-refractivity contribution >= 4 is 5.97 Å². The summed E-state index contributed by atoms with van der Waals surface area (Å²) in [7, 11) is 0. The van der Waals surface area contributed by atoms with Crippen LogP contribution in [0.3, 0.4) is 0 Å². The van der Waals surface area contributed by atoms with Gasteiger partial charge in [-0.1, -0.05) is 32.1 Å². The van der Waals surface area contributed by atoms with E-state index >= 15 is 0 Å². The van der Waals surface area contributed by atoms with Gasteiger partial charge in [0.1, 0.15) is 6.61 Å². The van der Waals surface area contributed by atoms with Gasteiger partial charge in [0.15, 0.2) is 0 Å². The second-order valence-corrected chi connectivity index (χ2v) is 6.14. The number of carbonyl (C=O) groups is 1.